The fourth-order valence-corrected chi connectivity index (χ4v) is 1.71. The van der Waals surface area contributed by atoms with Crippen molar-refractivity contribution in [2.45, 2.75) is 32.3 Å². The number of rotatable bonds is 5. The summed E-state index contributed by atoms with van der Waals surface area (Å²) in [5.74, 6) is -1.45. The van der Waals surface area contributed by atoms with Gasteiger partial charge in [-0.25, -0.2) is 4.79 Å². The number of amides is 2. The number of ether oxygens (including phenoxy) is 1. The predicted octanol–water partition coefficient (Wildman–Crippen LogP) is 1.69. The van der Waals surface area contributed by atoms with Gasteiger partial charge in [0.25, 0.3) is 5.69 Å². The molecule has 1 atom stereocenters. The highest BCUT2D eigenvalue weighted by Crippen LogP contribution is 2.19. The smallest absolute Gasteiger partial charge is 0.407 e. The van der Waals surface area contributed by atoms with E-state index in [0.29, 0.717) is 5.56 Å². The number of nitro benzene ring substituents is 1. The van der Waals surface area contributed by atoms with Gasteiger partial charge in [-0.3, -0.25) is 14.9 Å². The van der Waals surface area contributed by atoms with Crippen molar-refractivity contribution in [3.8, 4) is 0 Å². The summed E-state index contributed by atoms with van der Waals surface area (Å²) in [5.41, 5.74) is 5.05. The van der Waals surface area contributed by atoms with Crippen LogP contribution >= 0.6 is 0 Å². The Morgan fingerprint density at radius 2 is 1.86 bits per heavy atom. The number of nitrogens with zero attached hydrogens (tertiary/aromatic N) is 1. The molecule has 1 rings (SSSR count). The number of nitrogens with one attached hydrogen (secondary N) is 1. The molecular weight excluding hydrogens is 290 g/mol. The molecule has 0 aromatic heterocycles. The van der Waals surface area contributed by atoms with Gasteiger partial charge in [0, 0.05) is 18.7 Å². The fraction of sp³-hybridized carbons (Fsp3) is 0.429. The van der Waals surface area contributed by atoms with Crippen LogP contribution in [0.4, 0.5) is 10.5 Å². The number of nitro groups is 1. The summed E-state index contributed by atoms with van der Waals surface area (Å²) in [5, 5.41) is 13.1. The molecule has 3 N–H and O–H groups in total. The molecule has 0 aliphatic heterocycles. The number of hydrogen-bond acceptors (Lipinski definition) is 5. The lowest BCUT2D eigenvalue weighted by atomic mass is 9.98. The summed E-state index contributed by atoms with van der Waals surface area (Å²) in [4.78, 5) is 33.2. The molecule has 0 aliphatic rings. The van der Waals surface area contributed by atoms with Gasteiger partial charge < -0.3 is 15.8 Å². The molecule has 0 fully saturated rings. The molecule has 8 heteroatoms. The van der Waals surface area contributed by atoms with Crippen LogP contribution in [0.5, 0.6) is 0 Å². The van der Waals surface area contributed by atoms with E-state index in [2.05, 4.69) is 5.32 Å². The molecule has 22 heavy (non-hydrogen) atoms. The normalized spacial score (nSPS) is 12.3. The Kier molecular flexibility index (Phi) is 5.44. The number of carbonyl (C=O) groups excluding carboxylic acids is 2. The van der Waals surface area contributed by atoms with Gasteiger partial charge in [-0.2, -0.15) is 0 Å². The molecule has 0 saturated carbocycles. The van der Waals surface area contributed by atoms with E-state index in [9.17, 15) is 19.7 Å². The van der Waals surface area contributed by atoms with Crippen molar-refractivity contribution in [1.29, 1.82) is 0 Å². The molecule has 1 aromatic carbocycles. The molecule has 0 bridgehead atoms. The lowest BCUT2D eigenvalue weighted by Crippen LogP contribution is -2.38. The van der Waals surface area contributed by atoms with E-state index in [4.69, 9.17) is 10.5 Å². The highest BCUT2D eigenvalue weighted by atomic mass is 16.6. The minimum absolute atomic E-state index is 0.0535. The molecule has 0 unspecified atom stereocenters. The van der Waals surface area contributed by atoms with Gasteiger partial charge in [0.05, 0.1) is 10.8 Å². The maximum Gasteiger partial charge on any atom is 0.407 e. The number of non-ortho nitro benzene ring substituents is 1. The average molecular weight is 309 g/mol. The van der Waals surface area contributed by atoms with Crippen LogP contribution in [0.1, 0.15) is 32.3 Å². The number of carbonyl (C=O) groups is 2. The second-order valence-corrected chi connectivity index (χ2v) is 5.69. The first-order valence-corrected chi connectivity index (χ1v) is 6.60. The van der Waals surface area contributed by atoms with E-state index < -0.39 is 28.4 Å². The summed E-state index contributed by atoms with van der Waals surface area (Å²) >= 11 is 0. The predicted molar refractivity (Wildman–Crippen MR) is 79.3 cm³/mol. The zero-order valence-corrected chi connectivity index (χ0v) is 12.7. The second-order valence-electron chi connectivity index (χ2n) is 5.69. The van der Waals surface area contributed by atoms with Crippen LogP contribution in [-0.4, -0.2) is 29.1 Å². The third-order valence-electron chi connectivity index (χ3n) is 2.70. The number of nitrogens with two attached hydrogens (primary N) is 1. The van der Waals surface area contributed by atoms with Crippen LogP contribution in [0, 0.1) is 10.1 Å². The van der Waals surface area contributed by atoms with Crippen molar-refractivity contribution < 1.29 is 19.2 Å². The van der Waals surface area contributed by atoms with Gasteiger partial charge in [0.1, 0.15) is 5.60 Å². The van der Waals surface area contributed by atoms with E-state index >= 15 is 0 Å². The molecule has 120 valence electrons. The first-order valence-electron chi connectivity index (χ1n) is 6.60. The minimum Gasteiger partial charge on any atom is -0.444 e. The molecule has 1 aromatic rings. The van der Waals surface area contributed by atoms with Crippen LogP contribution in [0.2, 0.25) is 0 Å². The van der Waals surface area contributed by atoms with Crippen molar-refractivity contribution in [2.24, 2.45) is 5.73 Å². The summed E-state index contributed by atoms with van der Waals surface area (Å²) in [7, 11) is 0. The Balaban J connectivity index is 2.76. The third kappa shape index (κ3) is 5.39. The Hall–Kier alpha value is -2.64. The van der Waals surface area contributed by atoms with Crippen molar-refractivity contribution in [1.82, 2.24) is 5.32 Å². The van der Waals surface area contributed by atoms with Gasteiger partial charge >= 0.3 is 6.09 Å². The van der Waals surface area contributed by atoms with Crippen molar-refractivity contribution in [3.05, 3.63) is 39.9 Å². The maximum atomic E-state index is 11.6. The van der Waals surface area contributed by atoms with Gasteiger partial charge in [-0.1, -0.05) is 12.1 Å². The van der Waals surface area contributed by atoms with E-state index in [1.165, 1.54) is 24.3 Å². The Labute approximate surface area is 127 Å². The summed E-state index contributed by atoms with van der Waals surface area (Å²) in [6.45, 7) is 5.10. The van der Waals surface area contributed by atoms with Gasteiger partial charge in [0.15, 0.2) is 0 Å². The monoisotopic (exact) mass is 309 g/mol. The summed E-state index contributed by atoms with van der Waals surface area (Å²) in [6.07, 6.45) is -0.666. The minimum atomic E-state index is -0.798. The lowest BCUT2D eigenvalue weighted by Gasteiger charge is -2.21. The topological polar surface area (TPSA) is 125 Å². The number of benzene rings is 1. The average Bonchev–Trinajstić information content (AvgIpc) is 2.37. The number of hydrogen-bond donors (Lipinski definition) is 2. The van der Waals surface area contributed by atoms with E-state index in [1.54, 1.807) is 20.8 Å². The number of alkyl carbamates (subject to hydrolysis) is 1. The van der Waals surface area contributed by atoms with Gasteiger partial charge in [-0.15, -0.1) is 0 Å². The zero-order chi connectivity index (χ0) is 16.9. The molecule has 2 amide bonds. The lowest BCUT2D eigenvalue weighted by molar-refractivity contribution is -0.384. The van der Waals surface area contributed by atoms with Crippen LogP contribution < -0.4 is 11.1 Å². The van der Waals surface area contributed by atoms with Gasteiger partial charge in [0.2, 0.25) is 5.91 Å². The van der Waals surface area contributed by atoms with E-state index in [1.807, 2.05) is 0 Å². The summed E-state index contributed by atoms with van der Waals surface area (Å²) in [6, 6.07) is 5.42. The van der Waals surface area contributed by atoms with Crippen LogP contribution in [0.25, 0.3) is 0 Å². The molecule has 8 nitrogen and oxygen atoms in total. The Morgan fingerprint density at radius 1 is 1.32 bits per heavy atom. The first kappa shape index (κ1) is 17.4. The molecular formula is C14H19N3O5. The van der Waals surface area contributed by atoms with Crippen molar-refractivity contribution >= 4 is 17.7 Å². The van der Waals surface area contributed by atoms with E-state index in [0.717, 1.165) is 0 Å². The van der Waals surface area contributed by atoms with Crippen LogP contribution in [-0.2, 0) is 9.53 Å². The molecule has 0 radical (unpaired) electrons. The Morgan fingerprint density at radius 3 is 2.27 bits per heavy atom. The highest BCUT2D eigenvalue weighted by molar-refractivity contribution is 5.83. The zero-order valence-electron chi connectivity index (χ0n) is 12.7. The first-order chi connectivity index (χ1) is 10.1. The largest absolute Gasteiger partial charge is 0.444 e. The molecule has 0 saturated heterocycles. The van der Waals surface area contributed by atoms with E-state index in [-0.39, 0.29) is 12.2 Å². The Bertz CT molecular complexity index is 563. The quantitative estimate of drug-likeness (QED) is 0.632. The van der Waals surface area contributed by atoms with Crippen molar-refractivity contribution in [2.75, 3.05) is 6.54 Å². The molecule has 0 spiro atoms. The fourth-order valence-electron chi connectivity index (χ4n) is 1.71. The molecule has 0 aliphatic carbocycles. The SMILES string of the molecule is CC(C)(C)OC(=O)NC[C@@H](C(N)=O)c1ccc([N+](=O)[O-])cc1. The van der Waals surface area contributed by atoms with Crippen molar-refractivity contribution in [3.63, 3.8) is 0 Å². The van der Waals surface area contributed by atoms with Crippen LogP contribution in [0.15, 0.2) is 24.3 Å². The highest BCUT2D eigenvalue weighted by Gasteiger charge is 2.22. The molecule has 0 heterocycles. The number of primary amides is 1. The third-order valence-corrected chi connectivity index (χ3v) is 2.70. The van der Waals surface area contributed by atoms with Gasteiger partial charge in [-0.05, 0) is 26.3 Å². The summed E-state index contributed by atoms with van der Waals surface area (Å²) < 4.78 is 5.06. The van der Waals surface area contributed by atoms with Crippen LogP contribution in [0.3, 0.4) is 0 Å². The maximum absolute atomic E-state index is 11.6. The standard InChI is InChI=1S/C14H19N3O5/c1-14(2,3)22-13(19)16-8-11(12(15)18)9-4-6-10(7-5-9)17(20)21/h4-7,11H,8H2,1-3H3,(H2,15,18)(H,16,19)/t11-/m1/s1. The second kappa shape index (κ2) is 6.88.